The lowest BCUT2D eigenvalue weighted by atomic mass is 10.0. The Morgan fingerprint density at radius 2 is 1.79 bits per heavy atom. The molecule has 0 unspecified atom stereocenters. The SMILES string of the molecule is COc1ccc(C(=O)NCC2CCOCC2)cc1Oc1cccc(OC)c1CN. The molecule has 3 N–H and O–H groups in total. The minimum Gasteiger partial charge on any atom is -0.496 e. The summed E-state index contributed by atoms with van der Waals surface area (Å²) in [7, 11) is 3.14. The van der Waals surface area contributed by atoms with E-state index in [0.717, 1.165) is 31.6 Å². The van der Waals surface area contributed by atoms with E-state index in [1.165, 1.54) is 0 Å². The molecule has 0 radical (unpaired) electrons. The van der Waals surface area contributed by atoms with Gasteiger partial charge in [-0.2, -0.15) is 0 Å². The number of ether oxygens (including phenoxy) is 4. The third-order valence-corrected chi connectivity index (χ3v) is 5.05. The summed E-state index contributed by atoms with van der Waals surface area (Å²) in [6.45, 7) is 2.40. The van der Waals surface area contributed by atoms with Gasteiger partial charge < -0.3 is 30.0 Å². The minimum absolute atomic E-state index is 0.145. The molecule has 1 aliphatic heterocycles. The highest BCUT2D eigenvalue weighted by atomic mass is 16.5. The molecule has 1 saturated heterocycles. The largest absolute Gasteiger partial charge is 0.496 e. The summed E-state index contributed by atoms with van der Waals surface area (Å²) in [6, 6.07) is 10.6. The smallest absolute Gasteiger partial charge is 0.251 e. The normalized spacial score (nSPS) is 14.3. The molecule has 3 rings (SSSR count). The molecular weight excluding hydrogens is 372 g/mol. The maximum atomic E-state index is 12.6. The zero-order valence-electron chi connectivity index (χ0n) is 16.9. The lowest BCUT2D eigenvalue weighted by Gasteiger charge is -2.22. The minimum atomic E-state index is -0.145. The van der Waals surface area contributed by atoms with Gasteiger partial charge in [0.25, 0.3) is 5.91 Å². The van der Waals surface area contributed by atoms with Crippen LogP contribution in [-0.4, -0.2) is 39.9 Å². The highest BCUT2D eigenvalue weighted by Crippen LogP contribution is 2.36. The van der Waals surface area contributed by atoms with Crippen molar-refractivity contribution in [2.45, 2.75) is 19.4 Å². The van der Waals surface area contributed by atoms with Crippen LogP contribution < -0.4 is 25.3 Å². The second-order valence-electron chi connectivity index (χ2n) is 6.87. The summed E-state index contributed by atoms with van der Waals surface area (Å²) in [5.74, 6) is 2.48. The number of nitrogens with one attached hydrogen (secondary N) is 1. The van der Waals surface area contributed by atoms with Crippen molar-refractivity contribution in [3.8, 4) is 23.0 Å². The third-order valence-electron chi connectivity index (χ3n) is 5.05. The van der Waals surface area contributed by atoms with Crippen LogP contribution in [0.25, 0.3) is 0 Å². The molecule has 7 nitrogen and oxygen atoms in total. The topological polar surface area (TPSA) is 92.0 Å². The van der Waals surface area contributed by atoms with Crippen LogP contribution in [0.3, 0.4) is 0 Å². The fraction of sp³-hybridized carbons (Fsp3) is 0.409. The molecule has 0 aromatic heterocycles. The van der Waals surface area contributed by atoms with E-state index < -0.39 is 0 Å². The first-order valence-corrected chi connectivity index (χ1v) is 9.74. The Balaban J connectivity index is 1.77. The summed E-state index contributed by atoms with van der Waals surface area (Å²) >= 11 is 0. The van der Waals surface area contributed by atoms with Crippen LogP contribution >= 0.6 is 0 Å². The second kappa shape index (κ2) is 10.1. The van der Waals surface area contributed by atoms with Crippen LogP contribution in [0, 0.1) is 5.92 Å². The molecule has 1 amide bonds. The zero-order chi connectivity index (χ0) is 20.6. The van der Waals surface area contributed by atoms with E-state index in [1.807, 2.05) is 18.2 Å². The molecule has 0 aliphatic carbocycles. The van der Waals surface area contributed by atoms with Gasteiger partial charge in [-0.1, -0.05) is 6.07 Å². The first-order chi connectivity index (χ1) is 14.2. The maximum Gasteiger partial charge on any atom is 0.251 e. The van der Waals surface area contributed by atoms with Crippen LogP contribution in [0.2, 0.25) is 0 Å². The number of carbonyl (C=O) groups is 1. The first kappa shape index (κ1) is 21.0. The standard InChI is InChI=1S/C22H28N2O5/c1-26-18-4-3-5-19(17(18)13-23)29-21-12-16(6-7-20(21)27-2)22(25)24-14-15-8-10-28-11-9-15/h3-7,12,15H,8-11,13-14,23H2,1-2H3,(H,24,25). The van der Waals surface area contributed by atoms with Crippen molar-refractivity contribution in [1.82, 2.24) is 5.32 Å². The predicted molar refractivity (Wildman–Crippen MR) is 110 cm³/mol. The Morgan fingerprint density at radius 3 is 2.48 bits per heavy atom. The fourth-order valence-electron chi connectivity index (χ4n) is 3.34. The number of carbonyl (C=O) groups excluding carboxylic acids is 1. The van der Waals surface area contributed by atoms with Gasteiger partial charge in [0.1, 0.15) is 11.5 Å². The van der Waals surface area contributed by atoms with Gasteiger partial charge in [0.2, 0.25) is 0 Å². The summed E-state index contributed by atoms with van der Waals surface area (Å²) in [5.41, 5.74) is 7.12. The quantitative estimate of drug-likeness (QED) is 0.707. The molecule has 0 bridgehead atoms. The van der Waals surface area contributed by atoms with Gasteiger partial charge in [0.15, 0.2) is 11.5 Å². The molecule has 29 heavy (non-hydrogen) atoms. The molecule has 2 aromatic rings. The van der Waals surface area contributed by atoms with Crippen LogP contribution in [0.5, 0.6) is 23.0 Å². The number of hydrogen-bond acceptors (Lipinski definition) is 6. The average molecular weight is 400 g/mol. The summed E-state index contributed by atoms with van der Waals surface area (Å²) in [6.07, 6.45) is 1.93. The summed E-state index contributed by atoms with van der Waals surface area (Å²) < 4.78 is 22.2. The molecule has 2 aromatic carbocycles. The van der Waals surface area contributed by atoms with E-state index in [-0.39, 0.29) is 12.5 Å². The lowest BCUT2D eigenvalue weighted by molar-refractivity contribution is 0.0642. The molecule has 0 atom stereocenters. The highest BCUT2D eigenvalue weighted by molar-refractivity contribution is 5.94. The van der Waals surface area contributed by atoms with Crippen molar-refractivity contribution < 1.29 is 23.7 Å². The average Bonchev–Trinajstić information content (AvgIpc) is 2.77. The van der Waals surface area contributed by atoms with Crippen LogP contribution in [-0.2, 0) is 11.3 Å². The molecule has 156 valence electrons. The molecule has 0 saturated carbocycles. The Labute approximate surface area is 171 Å². The van der Waals surface area contributed by atoms with E-state index in [9.17, 15) is 4.79 Å². The van der Waals surface area contributed by atoms with Crippen molar-refractivity contribution in [2.24, 2.45) is 11.7 Å². The molecule has 1 fully saturated rings. The van der Waals surface area contributed by atoms with E-state index in [2.05, 4.69) is 5.32 Å². The van der Waals surface area contributed by atoms with E-state index in [1.54, 1.807) is 32.4 Å². The van der Waals surface area contributed by atoms with E-state index in [4.69, 9.17) is 24.7 Å². The van der Waals surface area contributed by atoms with Crippen molar-refractivity contribution in [3.63, 3.8) is 0 Å². The van der Waals surface area contributed by atoms with E-state index >= 15 is 0 Å². The number of benzene rings is 2. The molecule has 1 heterocycles. The zero-order valence-corrected chi connectivity index (χ0v) is 16.9. The molecule has 7 heteroatoms. The van der Waals surface area contributed by atoms with Gasteiger partial charge in [-0.05, 0) is 49.1 Å². The van der Waals surface area contributed by atoms with Gasteiger partial charge in [-0.3, -0.25) is 4.79 Å². The molecular formula is C22H28N2O5. The van der Waals surface area contributed by atoms with Gasteiger partial charge in [0.05, 0.1) is 19.8 Å². The van der Waals surface area contributed by atoms with Gasteiger partial charge in [-0.25, -0.2) is 0 Å². The first-order valence-electron chi connectivity index (χ1n) is 9.74. The van der Waals surface area contributed by atoms with Crippen LogP contribution in [0.15, 0.2) is 36.4 Å². The van der Waals surface area contributed by atoms with Crippen LogP contribution in [0.1, 0.15) is 28.8 Å². The van der Waals surface area contributed by atoms with Crippen molar-refractivity contribution in [2.75, 3.05) is 34.0 Å². The Bertz CT molecular complexity index is 834. The van der Waals surface area contributed by atoms with E-state index in [0.29, 0.717) is 41.0 Å². The Kier molecular flexibility index (Phi) is 7.32. The van der Waals surface area contributed by atoms with Crippen molar-refractivity contribution in [1.29, 1.82) is 0 Å². The second-order valence-corrected chi connectivity index (χ2v) is 6.87. The Morgan fingerprint density at radius 1 is 1.07 bits per heavy atom. The monoisotopic (exact) mass is 400 g/mol. The number of rotatable bonds is 8. The number of amides is 1. The van der Waals surface area contributed by atoms with Crippen molar-refractivity contribution >= 4 is 5.91 Å². The van der Waals surface area contributed by atoms with Gasteiger partial charge in [0, 0.05) is 31.9 Å². The predicted octanol–water partition coefficient (Wildman–Crippen LogP) is 3.11. The Hall–Kier alpha value is -2.77. The number of hydrogen-bond donors (Lipinski definition) is 2. The summed E-state index contributed by atoms with van der Waals surface area (Å²) in [4.78, 5) is 12.6. The van der Waals surface area contributed by atoms with Crippen molar-refractivity contribution in [3.05, 3.63) is 47.5 Å². The lowest BCUT2D eigenvalue weighted by Crippen LogP contribution is -2.32. The highest BCUT2D eigenvalue weighted by Gasteiger charge is 2.18. The van der Waals surface area contributed by atoms with Gasteiger partial charge in [-0.15, -0.1) is 0 Å². The summed E-state index contributed by atoms with van der Waals surface area (Å²) in [5, 5.41) is 3.01. The van der Waals surface area contributed by atoms with Crippen LogP contribution in [0.4, 0.5) is 0 Å². The fourth-order valence-corrected chi connectivity index (χ4v) is 3.34. The molecule has 1 aliphatic rings. The number of nitrogens with two attached hydrogens (primary N) is 1. The maximum absolute atomic E-state index is 12.6. The third kappa shape index (κ3) is 5.19. The molecule has 0 spiro atoms. The van der Waals surface area contributed by atoms with Gasteiger partial charge >= 0.3 is 0 Å². The number of methoxy groups -OCH3 is 2.